The van der Waals surface area contributed by atoms with Gasteiger partial charge in [-0.15, -0.1) is 0 Å². The zero-order valence-electron chi connectivity index (χ0n) is 13.3. The number of pyridine rings is 1. The lowest BCUT2D eigenvalue weighted by Gasteiger charge is -2.19. The molecule has 0 aliphatic carbocycles. The highest BCUT2D eigenvalue weighted by Gasteiger charge is 2.16. The van der Waals surface area contributed by atoms with Gasteiger partial charge in [0, 0.05) is 23.4 Å². The fraction of sp³-hybridized carbons (Fsp3) is 0.235. The Morgan fingerprint density at radius 1 is 1.04 bits per heavy atom. The van der Waals surface area contributed by atoms with Crippen LogP contribution in [0.3, 0.4) is 0 Å². The van der Waals surface area contributed by atoms with Crippen LogP contribution in [-0.4, -0.2) is 17.6 Å². The van der Waals surface area contributed by atoms with E-state index < -0.39 is 11.7 Å². The van der Waals surface area contributed by atoms with Gasteiger partial charge in [-0.1, -0.05) is 18.2 Å². The Bertz CT molecular complexity index is 676. The average Bonchev–Trinajstić information content (AvgIpc) is 2.47. The summed E-state index contributed by atoms with van der Waals surface area (Å²) >= 11 is 0. The minimum absolute atomic E-state index is 0.370. The molecule has 0 atom stereocenters. The van der Waals surface area contributed by atoms with Crippen LogP contribution in [0.25, 0.3) is 5.43 Å². The lowest BCUT2D eigenvalue weighted by Crippen LogP contribution is -2.30. The Kier molecular flexibility index (Phi) is 4.95. The van der Waals surface area contributed by atoms with Gasteiger partial charge in [0.05, 0.1) is 0 Å². The molecule has 0 fully saturated rings. The van der Waals surface area contributed by atoms with Crippen molar-refractivity contribution in [3.63, 3.8) is 0 Å². The number of aromatic nitrogens is 1. The highest BCUT2D eigenvalue weighted by molar-refractivity contribution is 6.02. The van der Waals surface area contributed by atoms with E-state index in [9.17, 15) is 9.59 Å². The molecule has 0 bridgehead atoms. The first kappa shape index (κ1) is 16.5. The van der Waals surface area contributed by atoms with Crippen LogP contribution in [0, 0.1) is 0 Å². The van der Waals surface area contributed by atoms with Gasteiger partial charge in [0.25, 0.3) is 0 Å². The summed E-state index contributed by atoms with van der Waals surface area (Å²) in [7, 11) is 0. The zero-order chi connectivity index (χ0) is 16.9. The van der Waals surface area contributed by atoms with Crippen molar-refractivity contribution in [2.75, 3.05) is 5.32 Å². The van der Waals surface area contributed by atoms with Crippen molar-refractivity contribution >= 4 is 17.7 Å². The zero-order valence-corrected chi connectivity index (χ0v) is 13.3. The maximum absolute atomic E-state index is 12.0. The molecule has 0 unspecified atom stereocenters. The lowest BCUT2D eigenvalue weighted by atomic mass is 10.2. The monoisotopic (exact) mass is 313 g/mol. The minimum atomic E-state index is -0.564. The number of nitrogens with zero attached hydrogens (tertiary/aromatic N) is 2. The predicted octanol–water partition coefficient (Wildman–Crippen LogP) is 3.30. The standard InChI is InChI=1S/C17H19N3O3/c1-17(2,3)23-16(22)18-14-9-7-13(8-10-14)15(21)19-20-11-5-4-6-12-20/h4-12H,1-3H3,(H,18,22). The summed E-state index contributed by atoms with van der Waals surface area (Å²) in [6.45, 7) is 5.37. The van der Waals surface area contributed by atoms with Gasteiger partial charge in [-0.3, -0.25) is 5.32 Å². The normalized spacial score (nSPS) is 10.7. The number of carbonyl (C=O) groups excluding carboxylic acids is 2. The van der Waals surface area contributed by atoms with Crippen LogP contribution in [0.2, 0.25) is 0 Å². The largest absolute Gasteiger partial charge is 0.444 e. The third kappa shape index (κ3) is 5.43. The summed E-state index contributed by atoms with van der Waals surface area (Å²) in [5.74, 6) is -0.370. The fourth-order valence-electron chi connectivity index (χ4n) is 1.74. The van der Waals surface area contributed by atoms with Crippen LogP contribution in [0.1, 0.15) is 31.1 Å². The Labute approximate surface area is 135 Å². The molecule has 0 radical (unpaired) electrons. The molecule has 6 nitrogen and oxygen atoms in total. The fourth-order valence-corrected chi connectivity index (χ4v) is 1.74. The number of hydrogen-bond acceptors (Lipinski definition) is 3. The molecular formula is C17H19N3O3. The van der Waals surface area contributed by atoms with E-state index in [1.807, 2.05) is 6.07 Å². The molecular weight excluding hydrogens is 294 g/mol. The molecule has 0 spiro atoms. The quantitative estimate of drug-likeness (QED) is 0.884. The van der Waals surface area contributed by atoms with E-state index in [1.165, 1.54) is 4.68 Å². The van der Waals surface area contributed by atoms with E-state index in [2.05, 4.69) is 10.7 Å². The first-order valence-corrected chi connectivity index (χ1v) is 7.16. The van der Waals surface area contributed by atoms with Crippen LogP contribution < -0.4 is 9.99 Å². The molecule has 1 heterocycles. The minimum Gasteiger partial charge on any atom is -0.444 e. The second kappa shape index (κ2) is 6.91. The molecule has 0 aliphatic heterocycles. The SMILES string of the molecule is CC(C)(C)OC(=O)Nc1ccc(C(=O)[N-][n+]2ccccc2)cc1. The van der Waals surface area contributed by atoms with Gasteiger partial charge in [-0.2, -0.15) is 0 Å². The second-order valence-electron chi connectivity index (χ2n) is 5.86. The van der Waals surface area contributed by atoms with Crippen LogP contribution in [0.5, 0.6) is 0 Å². The second-order valence-corrected chi connectivity index (χ2v) is 5.86. The Balaban J connectivity index is 1.96. The number of nitrogens with one attached hydrogen (secondary N) is 1. The molecule has 23 heavy (non-hydrogen) atoms. The summed E-state index contributed by atoms with van der Waals surface area (Å²) < 4.78 is 6.60. The molecule has 0 saturated carbocycles. The van der Waals surface area contributed by atoms with Crippen LogP contribution in [0.4, 0.5) is 10.5 Å². The smallest absolute Gasteiger partial charge is 0.412 e. The summed E-state index contributed by atoms with van der Waals surface area (Å²) in [4.78, 5) is 23.7. The van der Waals surface area contributed by atoms with Gasteiger partial charge in [0.15, 0.2) is 12.4 Å². The Morgan fingerprint density at radius 3 is 2.22 bits per heavy atom. The van der Waals surface area contributed by atoms with Gasteiger partial charge in [-0.25, -0.2) is 9.47 Å². The molecule has 6 heteroatoms. The molecule has 0 aliphatic rings. The Morgan fingerprint density at radius 2 is 1.65 bits per heavy atom. The highest BCUT2D eigenvalue weighted by Crippen LogP contribution is 2.14. The van der Waals surface area contributed by atoms with E-state index in [1.54, 1.807) is 69.6 Å². The number of carbonyl (C=O) groups is 2. The van der Waals surface area contributed by atoms with Gasteiger partial charge in [-0.05, 0) is 32.9 Å². The van der Waals surface area contributed by atoms with Crippen molar-refractivity contribution in [1.29, 1.82) is 0 Å². The molecule has 1 aromatic carbocycles. The third-order valence-corrected chi connectivity index (χ3v) is 2.68. The van der Waals surface area contributed by atoms with E-state index in [4.69, 9.17) is 4.74 Å². The summed E-state index contributed by atoms with van der Waals surface area (Å²) in [5, 5.41) is 2.61. The van der Waals surface area contributed by atoms with Crippen molar-refractivity contribution < 1.29 is 19.0 Å². The molecule has 2 aromatic rings. The van der Waals surface area contributed by atoms with Crippen LogP contribution in [-0.2, 0) is 4.74 Å². The molecule has 2 amide bonds. The number of rotatable bonds is 3. The lowest BCUT2D eigenvalue weighted by molar-refractivity contribution is -0.617. The van der Waals surface area contributed by atoms with Crippen LogP contribution in [0.15, 0.2) is 54.9 Å². The first-order valence-electron chi connectivity index (χ1n) is 7.16. The van der Waals surface area contributed by atoms with E-state index in [-0.39, 0.29) is 5.91 Å². The average molecular weight is 313 g/mol. The van der Waals surface area contributed by atoms with Crippen molar-refractivity contribution in [2.24, 2.45) is 0 Å². The topological polar surface area (TPSA) is 73.4 Å². The number of amides is 2. The van der Waals surface area contributed by atoms with Crippen molar-refractivity contribution in [2.45, 2.75) is 26.4 Å². The Hall–Kier alpha value is -2.89. The molecule has 0 saturated heterocycles. The maximum atomic E-state index is 12.0. The van der Waals surface area contributed by atoms with E-state index in [0.717, 1.165) is 0 Å². The molecule has 1 aromatic heterocycles. The number of benzene rings is 1. The summed E-state index contributed by atoms with van der Waals surface area (Å²) in [6, 6.07) is 11.9. The maximum Gasteiger partial charge on any atom is 0.412 e. The summed E-state index contributed by atoms with van der Waals surface area (Å²) in [5.41, 5.74) is 4.34. The number of anilines is 1. The van der Waals surface area contributed by atoms with Crippen molar-refractivity contribution in [1.82, 2.24) is 0 Å². The highest BCUT2D eigenvalue weighted by atomic mass is 16.6. The number of ether oxygens (including phenoxy) is 1. The van der Waals surface area contributed by atoms with Crippen molar-refractivity contribution in [3.8, 4) is 0 Å². The van der Waals surface area contributed by atoms with Gasteiger partial charge < -0.3 is 15.0 Å². The molecule has 2 rings (SSSR count). The van der Waals surface area contributed by atoms with Crippen LogP contribution >= 0.6 is 0 Å². The van der Waals surface area contributed by atoms with Gasteiger partial charge in [0.2, 0.25) is 0 Å². The molecule has 1 N–H and O–H groups in total. The van der Waals surface area contributed by atoms with E-state index in [0.29, 0.717) is 11.3 Å². The molecule has 120 valence electrons. The third-order valence-electron chi connectivity index (χ3n) is 2.68. The first-order chi connectivity index (χ1) is 10.8. The van der Waals surface area contributed by atoms with Crippen molar-refractivity contribution in [3.05, 3.63) is 65.8 Å². The van der Waals surface area contributed by atoms with Gasteiger partial charge in [0.1, 0.15) is 11.5 Å². The number of hydrogen-bond donors (Lipinski definition) is 1. The van der Waals surface area contributed by atoms with Gasteiger partial charge >= 0.3 is 6.09 Å². The van der Waals surface area contributed by atoms with E-state index >= 15 is 0 Å². The summed E-state index contributed by atoms with van der Waals surface area (Å²) in [6.07, 6.45) is 2.81. The predicted molar refractivity (Wildman–Crippen MR) is 86.0 cm³/mol.